The van der Waals surface area contributed by atoms with Crippen LogP contribution in [0.1, 0.15) is 12.5 Å². The molecule has 2 unspecified atom stereocenters. The standard InChI is InChI=1S/C11H16N2O3S/c1-9(17(2)16)7-12-8-10-5-3-4-6-11(10)13(14)15/h3-6,9,12H,7-8H2,1-2H3. The minimum absolute atomic E-state index is 0.0396. The number of nitro benzene ring substituents is 1. The van der Waals surface area contributed by atoms with Gasteiger partial charge >= 0.3 is 0 Å². The molecular weight excluding hydrogens is 240 g/mol. The highest BCUT2D eigenvalue weighted by Crippen LogP contribution is 2.16. The lowest BCUT2D eigenvalue weighted by atomic mass is 10.2. The molecule has 1 aromatic carbocycles. The van der Waals surface area contributed by atoms with Crippen molar-refractivity contribution in [1.82, 2.24) is 5.32 Å². The number of nitrogens with zero attached hydrogens (tertiary/aromatic N) is 1. The van der Waals surface area contributed by atoms with E-state index in [1.165, 1.54) is 6.07 Å². The van der Waals surface area contributed by atoms with Crippen LogP contribution in [0, 0.1) is 10.1 Å². The first-order valence-corrected chi connectivity index (χ1v) is 6.89. The van der Waals surface area contributed by atoms with E-state index >= 15 is 0 Å². The predicted molar refractivity (Wildman–Crippen MR) is 68.3 cm³/mol. The van der Waals surface area contributed by atoms with Gasteiger partial charge in [0.25, 0.3) is 5.69 Å². The Kier molecular flexibility index (Phi) is 5.24. The second kappa shape index (κ2) is 6.46. The molecule has 0 aliphatic rings. The highest BCUT2D eigenvalue weighted by atomic mass is 32.2. The van der Waals surface area contributed by atoms with Crippen LogP contribution in [-0.2, 0) is 17.3 Å². The van der Waals surface area contributed by atoms with E-state index in [-0.39, 0.29) is 10.9 Å². The Morgan fingerprint density at radius 1 is 1.47 bits per heavy atom. The Labute approximate surface area is 103 Å². The molecule has 1 aromatic rings. The van der Waals surface area contributed by atoms with E-state index in [2.05, 4.69) is 5.32 Å². The number of nitro groups is 1. The molecule has 6 heteroatoms. The molecule has 0 saturated heterocycles. The van der Waals surface area contributed by atoms with Crippen molar-refractivity contribution in [3.63, 3.8) is 0 Å². The molecule has 0 aromatic heterocycles. The third-order valence-corrected chi connectivity index (χ3v) is 3.80. The number of hydrogen-bond acceptors (Lipinski definition) is 4. The average molecular weight is 256 g/mol. The largest absolute Gasteiger partial charge is 0.311 e. The van der Waals surface area contributed by atoms with Gasteiger partial charge in [-0.2, -0.15) is 0 Å². The Morgan fingerprint density at radius 3 is 2.71 bits per heavy atom. The van der Waals surface area contributed by atoms with E-state index in [4.69, 9.17) is 0 Å². The van der Waals surface area contributed by atoms with Crippen molar-refractivity contribution >= 4 is 16.5 Å². The fraction of sp³-hybridized carbons (Fsp3) is 0.455. The summed E-state index contributed by atoms with van der Waals surface area (Å²) >= 11 is 0. The SMILES string of the molecule is CC(CNCc1ccccc1[N+](=O)[O-])S(C)=O. The van der Waals surface area contributed by atoms with Crippen LogP contribution in [0.3, 0.4) is 0 Å². The maximum atomic E-state index is 11.1. The lowest BCUT2D eigenvalue weighted by Gasteiger charge is -2.09. The van der Waals surface area contributed by atoms with Crippen molar-refractivity contribution in [2.24, 2.45) is 0 Å². The Bertz CT molecular complexity index is 423. The van der Waals surface area contributed by atoms with Crippen LogP contribution in [-0.4, -0.2) is 27.2 Å². The first-order valence-electron chi connectivity index (χ1n) is 5.27. The molecule has 0 spiro atoms. The molecule has 0 aliphatic heterocycles. The lowest BCUT2D eigenvalue weighted by Crippen LogP contribution is -2.27. The number of nitrogens with one attached hydrogen (secondary N) is 1. The van der Waals surface area contributed by atoms with Gasteiger partial charge in [-0.05, 0) is 6.92 Å². The van der Waals surface area contributed by atoms with Crippen LogP contribution in [0.2, 0.25) is 0 Å². The number of rotatable bonds is 6. The van der Waals surface area contributed by atoms with Crippen LogP contribution in [0.25, 0.3) is 0 Å². The molecule has 0 saturated carbocycles. The molecule has 94 valence electrons. The minimum Gasteiger partial charge on any atom is -0.311 e. The zero-order valence-electron chi connectivity index (χ0n) is 9.88. The van der Waals surface area contributed by atoms with Gasteiger partial charge < -0.3 is 5.32 Å². The van der Waals surface area contributed by atoms with E-state index in [9.17, 15) is 14.3 Å². The summed E-state index contributed by atoms with van der Waals surface area (Å²) in [6.07, 6.45) is 1.65. The molecule has 1 N–H and O–H groups in total. The van der Waals surface area contributed by atoms with Crippen molar-refractivity contribution in [1.29, 1.82) is 0 Å². The van der Waals surface area contributed by atoms with Gasteiger partial charge in [0.15, 0.2) is 0 Å². The summed E-state index contributed by atoms with van der Waals surface area (Å²) in [6, 6.07) is 6.62. The zero-order valence-corrected chi connectivity index (χ0v) is 10.7. The molecule has 0 bridgehead atoms. The monoisotopic (exact) mass is 256 g/mol. The van der Waals surface area contributed by atoms with Gasteiger partial charge in [-0.3, -0.25) is 14.3 Å². The van der Waals surface area contributed by atoms with Gasteiger partial charge in [-0.1, -0.05) is 18.2 Å². The third kappa shape index (κ3) is 4.24. The van der Waals surface area contributed by atoms with Crippen molar-refractivity contribution in [3.05, 3.63) is 39.9 Å². The summed E-state index contributed by atoms with van der Waals surface area (Å²) < 4.78 is 11.1. The Morgan fingerprint density at radius 2 is 2.12 bits per heavy atom. The van der Waals surface area contributed by atoms with Gasteiger partial charge in [0.2, 0.25) is 0 Å². The second-order valence-electron chi connectivity index (χ2n) is 3.83. The smallest absolute Gasteiger partial charge is 0.273 e. The van der Waals surface area contributed by atoms with E-state index in [0.29, 0.717) is 18.7 Å². The molecule has 0 amide bonds. The first-order chi connectivity index (χ1) is 8.02. The van der Waals surface area contributed by atoms with Gasteiger partial charge in [0.1, 0.15) is 0 Å². The molecule has 17 heavy (non-hydrogen) atoms. The van der Waals surface area contributed by atoms with Crippen LogP contribution < -0.4 is 5.32 Å². The van der Waals surface area contributed by atoms with Gasteiger partial charge in [0, 0.05) is 47.0 Å². The van der Waals surface area contributed by atoms with E-state index in [0.717, 1.165) is 0 Å². The molecule has 0 heterocycles. The Hall–Kier alpha value is -1.27. The van der Waals surface area contributed by atoms with E-state index in [1.807, 2.05) is 6.92 Å². The summed E-state index contributed by atoms with van der Waals surface area (Å²) in [5, 5.41) is 13.9. The quantitative estimate of drug-likeness (QED) is 0.617. The first kappa shape index (κ1) is 13.8. The molecule has 0 aliphatic carbocycles. The molecule has 0 radical (unpaired) electrons. The summed E-state index contributed by atoms with van der Waals surface area (Å²) in [7, 11) is -0.879. The van der Waals surface area contributed by atoms with Crippen molar-refractivity contribution in [2.75, 3.05) is 12.8 Å². The van der Waals surface area contributed by atoms with E-state index in [1.54, 1.807) is 24.5 Å². The Balaban J connectivity index is 2.58. The molecular formula is C11H16N2O3S. The molecule has 1 rings (SSSR count). The summed E-state index contributed by atoms with van der Waals surface area (Å²) in [5.41, 5.74) is 0.761. The minimum atomic E-state index is -0.879. The normalized spacial score (nSPS) is 14.2. The summed E-state index contributed by atoms with van der Waals surface area (Å²) in [5.74, 6) is 0. The van der Waals surface area contributed by atoms with Crippen LogP contribution in [0.5, 0.6) is 0 Å². The average Bonchev–Trinajstić information content (AvgIpc) is 2.29. The predicted octanol–water partition coefficient (Wildman–Crippen LogP) is 1.45. The van der Waals surface area contributed by atoms with Crippen molar-refractivity contribution < 1.29 is 9.13 Å². The zero-order chi connectivity index (χ0) is 12.8. The fourth-order valence-corrected chi connectivity index (χ4v) is 1.72. The highest BCUT2D eigenvalue weighted by molar-refractivity contribution is 7.84. The third-order valence-electron chi connectivity index (χ3n) is 2.50. The second-order valence-corrected chi connectivity index (χ2v) is 5.63. The topological polar surface area (TPSA) is 72.2 Å². The fourth-order valence-electron chi connectivity index (χ4n) is 1.37. The van der Waals surface area contributed by atoms with Gasteiger partial charge in [0.05, 0.1) is 4.92 Å². The summed E-state index contributed by atoms with van der Waals surface area (Å²) in [4.78, 5) is 10.4. The highest BCUT2D eigenvalue weighted by Gasteiger charge is 2.12. The maximum absolute atomic E-state index is 11.1. The lowest BCUT2D eigenvalue weighted by molar-refractivity contribution is -0.385. The van der Waals surface area contributed by atoms with Crippen molar-refractivity contribution in [3.8, 4) is 0 Å². The molecule has 0 fully saturated rings. The maximum Gasteiger partial charge on any atom is 0.273 e. The van der Waals surface area contributed by atoms with Crippen LogP contribution in [0.4, 0.5) is 5.69 Å². The number of hydrogen-bond donors (Lipinski definition) is 1. The van der Waals surface area contributed by atoms with Gasteiger partial charge in [-0.25, -0.2) is 0 Å². The summed E-state index contributed by atoms with van der Waals surface area (Å²) in [6.45, 7) is 2.87. The van der Waals surface area contributed by atoms with Crippen LogP contribution >= 0.6 is 0 Å². The van der Waals surface area contributed by atoms with E-state index < -0.39 is 15.7 Å². The molecule has 2 atom stereocenters. The number of benzene rings is 1. The molecule has 5 nitrogen and oxygen atoms in total. The number of para-hydroxylation sites is 1. The van der Waals surface area contributed by atoms with Crippen LogP contribution in [0.15, 0.2) is 24.3 Å². The van der Waals surface area contributed by atoms with Crippen molar-refractivity contribution in [2.45, 2.75) is 18.7 Å². The van der Waals surface area contributed by atoms with Gasteiger partial charge in [-0.15, -0.1) is 0 Å².